The number of hydrogen-bond acceptors (Lipinski definition) is 4. The molecular weight excluding hydrogens is 378 g/mol. The van der Waals surface area contributed by atoms with Crippen LogP contribution in [0.2, 0.25) is 0 Å². The lowest BCUT2D eigenvalue weighted by molar-refractivity contribution is -0.142. The van der Waals surface area contributed by atoms with E-state index in [9.17, 15) is 14.7 Å². The van der Waals surface area contributed by atoms with Crippen molar-refractivity contribution in [3.05, 3.63) is 30.1 Å². The Labute approximate surface area is 180 Å². The molecule has 2 saturated carbocycles. The Balaban J connectivity index is 1.74. The zero-order valence-electron chi connectivity index (χ0n) is 18.9. The van der Waals surface area contributed by atoms with Crippen LogP contribution in [0.15, 0.2) is 24.5 Å². The average Bonchev–Trinajstić information content (AvgIpc) is 2.70. The summed E-state index contributed by atoms with van der Waals surface area (Å²) in [4.78, 5) is 29.3. The summed E-state index contributed by atoms with van der Waals surface area (Å²) in [6, 6.07) is 3.53. The van der Waals surface area contributed by atoms with E-state index in [0.29, 0.717) is 5.56 Å². The molecule has 3 N–H and O–H groups in total. The van der Waals surface area contributed by atoms with Gasteiger partial charge in [0, 0.05) is 36.0 Å². The van der Waals surface area contributed by atoms with Crippen molar-refractivity contribution >= 4 is 11.8 Å². The van der Waals surface area contributed by atoms with Gasteiger partial charge in [0.1, 0.15) is 0 Å². The van der Waals surface area contributed by atoms with E-state index in [1.807, 2.05) is 20.8 Å². The van der Waals surface area contributed by atoms with Crippen molar-refractivity contribution in [1.29, 1.82) is 0 Å². The van der Waals surface area contributed by atoms with Crippen molar-refractivity contribution in [1.82, 2.24) is 15.6 Å². The number of aliphatic hydroxyl groups excluding tert-OH is 1. The highest BCUT2D eigenvalue weighted by atomic mass is 16.3. The first-order chi connectivity index (χ1) is 14.1. The van der Waals surface area contributed by atoms with Gasteiger partial charge in [-0.05, 0) is 74.8 Å². The van der Waals surface area contributed by atoms with Crippen molar-refractivity contribution in [2.24, 2.45) is 29.1 Å². The smallest absolute Gasteiger partial charge is 0.251 e. The topological polar surface area (TPSA) is 91.3 Å². The van der Waals surface area contributed by atoms with Crippen molar-refractivity contribution < 1.29 is 14.7 Å². The van der Waals surface area contributed by atoms with E-state index in [1.165, 1.54) is 0 Å². The second-order valence-corrected chi connectivity index (χ2v) is 10.0. The first kappa shape index (κ1) is 22.7. The van der Waals surface area contributed by atoms with Gasteiger partial charge in [-0.3, -0.25) is 14.6 Å². The molecule has 1 aromatic rings. The molecule has 7 atom stereocenters. The summed E-state index contributed by atoms with van der Waals surface area (Å²) in [6.45, 7) is 10.3. The van der Waals surface area contributed by atoms with Gasteiger partial charge in [0.05, 0.1) is 6.10 Å². The van der Waals surface area contributed by atoms with Gasteiger partial charge in [-0.25, -0.2) is 0 Å². The number of carbonyl (C=O) groups is 2. The molecule has 2 fully saturated rings. The summed E-state index contributed by atoms with van der Waals surface area (Å²) in [7, 11) is 0. The third-order valence-corrected chi connectivity index (χ3v) is 7.63. The van der Waals surface area contributed by atoms with Gasteiger partial charge in [-0.1, -0.05) is 20.8 Å². The van der Waals surface area contributed by atoms with Crippen LogP contribution in [0.1, 0.15) is 70.7 Å². The maximum Gasteiger partial charge on any atom is 0.251 e. The minimum absolute atomic E-state index is 0.0111. The Morgan fingerprint density at radius 3 is 2.43 bits per heavy atom. The predicted molar refractivity (Wildman–Crippen MR) is 117 cm³/mol. The zero-order chi connectivity index (χ0) is 22.1. The third-order valence-electron chi connectivity index (χ3n) is 7.63. The second kappa shape index (κ2) is 9.04. The van der Waals surface area contributed by atoms with Gasteiger partial charge in [0.25, 0.3) is 5.91 Å². The van der Waals surface area contributed by atoms with Crippen LogP contribution < -0.4 is 10.6 Å². The summed E-state index contributed by atoms with van der Waals surface area (Å²) < 4.78 is 0. The highest BCUT2D eigenvalue weighted by molar-refractivity contribution is 5.94. The molecule has 0 aliphatic heterocycles. The van der Waals surface area contributed by atoms with Crippen LogP contribution in [0.25, 0.3) is 0 Å². The van der Waals surface area contributed by atoms with E-state index < -0.39 is 6.10 Å². The van der Waals surface area contributed by atoms with Gasteiger partial charge in [-0.15, -0.1) is 0 Å². The molecule has 3 rings (SSSR count). The number of hydrogen-bond donors (Lipinski definition) is 3. The van der Waals surface area contributed by atoms with Crippen LogP contribution in [0, 0.1) is 29.1 Å². The Hall–Kier alpha value is -1.95. The van der Waals surface area contributed by atoms with Gasteiger partial charge in [0.15, 0.2) is 0 Å². The molecule has 166 valence electrons. The molecule has 2 amide bonds. The minimum Gasteiger partial charge on any atom is -0.392 e. The monoisotopic (exact) mass is 415 g/mol. The normalized spacial score (nSPS) is 34.7. The molecule has 0 bridgehead atoms. The first-order valence-corrected chi connectivity index (χ1v) is 11.3. The standard InChI is InChI=1S/C24H37N3O3/c1-14(2)26-22(29)15(3)18-6-10-24(5)11-7-19(16(4)20(24)21(18)28)27-23(30)17-8-12-25-13-9-17/h8-9,12-16,18-21,28H,6-7,10-11H2,1-5H3,(H,26,29)(H,27,30). The minimum atomic E-state index is -0.549. The van der Waals surface area contributed by atoms with Gasteiger partial charge >= 0.3 is 0 Å². The second-order valence-electron chi connectivity index (χ2n) is 10.0. The van der Waals surface area contributed by atoms with E-state index in [4.69, 9.17) is 0 Å². The van der Waals surface area contributed by atoms with E-state index in [2.05, 4.69) is 29.5 Å². The van der Waals surface area contributed by atoms with E-state index in [0.717, 1.165) is 25.7 Å². The summed E-state index contributed by atoms with van der Waals surface area (Å²) in [5.41, 5.74) is 0.646. The van der Waals surface area contributed by atoms with E-state index >= 15 is 0 Å². The number of pyridine rings is 1. The number of aromatic nitrogens is 1. The summed E-state index contributed by atoms with van der Waals surface area (Å²) in [6.07, 6.45) is 6.44. The Bertz CT molecular complexity index is 753. The molecule has 6 heteroatoms. The number of aliphatic hydroxyl groups is 1. The van der Waals surface area contributed by atoms with Crippen molar-refractivity contribution in [2.75, 3.05) is 0 Å². The number of nitrogens with zero attached hydrogens (tertiary/aromatic N) is 1. The molecule has 6 nitrogen and oxygen atoms in total. The van der Waals surface area contributed by atoms with Crippen LogP contribution in [0.3, 0.4) is 0 Å². The van der Waals surface area contributed by atoms with Crippen LogP contribution in [-0.2, 0) is 4.79 Å². The Morgan fingerprint density at radius 2 is 1.80 bits per heavy atom. The SMILES string of the molecule is CC(C)NC(=O)C(C)C1CCC2(C)CCC(NC(=O)c3ccncc3)C(C)C2C1O. The maximum atomic E-state index is 12.7. The van der Waals surface area contributed by atoms with Gasteiger partial charge in [-0.2, -0.15) is 0 Å². The van der Waals surface area contributed by atoms with Crippen LogP contribution in [0.5, 0.6) is 0 Å². The fourth-order valence-electron chi connectivity index (χ4n) is 5.86. The number of rotatable bonds is 5. The Kier molecular flexibility index (Phi) is 6.85. The highest BCUT2D eigenvalue weighted by Crippen LogP contribution is 2.55. The maximum absolute atomic E-state index is 12.7. The molecule has 0 radical (unpaired) electrons. The molecule has 0 aromatic carbocycles. The number of nitrogens with one attached hydrogen (secondary N) is 2. The summed E-state index contributed by atoms with van der Waals surface area (Å²) >= 11 is 0. The molecule has 2 aliphatic carbocycles. The lowest BCUT2D eigenvalue weighted by Crippen LogP contribution is -2.58. The zero-order valence-corrected chi connectivity index (χ0v) is 18.9. The summed E-state index contributed by atoms with van der Waals surface area (Å²) in [5.74, 6) is -0.173. The lowest BCUT2D eigenvalue weighted by Gasteiger charge is -2.56. The van der Waals surface area contributed by atoms with Crippen molar-refractivity contribution in [2.45, 2.75) is 78.5 Å². The predicted octanol–water partition coefficient (Wildman–Crippen LogP) is 3.16. The molecule has 0 saturated heterocycles. The van der Waals surface area contributed by atoms with Gasteiger partial charge < -0.3 is 15.7 Å². The quantitative estimate of drug-likeness (QED) is 0.689. The van der Waals surface area contributed by atoms with Crippen LogP contribution >= 0.6 is 0 Å². The van der Waals surface area contributed by atoms with Gasteiger partial charge in [0.2, 0.25) is 5.91 Å². The molecule has 1 heterocycles. The molecule has 0 spiro atoms. The number of carbonyl (C=O) groups excluding carboxylic acids is 2. The van der Waals surface area contributed by atoms with Crippen molar-refractivity contribution in [3.63, 3.8) is 0 Å². The molecule has 7 unspecified atom stereocenters. The number of amides is 2. The van der Waals surface area contributed by atoms with Crippen LogP contribution in [-0.4, -0.2) is 40.1 Å². The summed E-state index contributed by atoms with van der Waals surface area (Å²) in [5, 5.41) is 17.6. The first-order valence-electron chi connectivity index (χ1n) is 11.3. The van der Waals surface area contributed by atoms with E-state index in [-0.39, 0.29) is 53.0 Å². The molecule has 30 heavy (non-hydrogen) atoms. The largest absolute Gasteiger partial charge is 0.392 e. The lowest BCUT2D eigenvalue weighted by atomic mass is 9.51. The molecule has 1 aromatic heterocycles. The fraction of sp³-hybridized carbons (Fsp3) is 0.708. The third kappa shape index (κ3) is 4.53. The number of fused-ring (bicyclic) bond motifs is 1. The average molecular weight is 416 g/mol. The van der Waals surface area contributed by atoms with E-state index in [1.54, 1.807) is 24.5 Å². The van der Waals surface area contributed by atoms with Crippen LogP contribution in [0.4, 0.5) is 0 Å². The fourth-order valence-corrected chi connectivity index (χ4v) is 5.86. The molecular formula is C24H37N3O3. The highest BCUT2D eigenvalue weighted by Gasteiger charge is 2.53. The Morgan fingerprint density at radius 1 is 1.17 bits per heavy atom. The molecule has 2 aliphatic rings. The van der Waals surface area contributed by atoms with Crippen molar-refractivity contribution in [3.8, 4) is 0 Å².